The maximum absolute atomic E-state index is 11.1. The van der Waals surface area contributed by atoms with Crippen molar-refractivity contribution < 1.29 is 5.11 Å². The molecule has 1 aromatic rings. The molecule has 1 atom stereocenters. The Morgan fingerprint density at radius 3 is 2.36 bits per heavy atom. The van der Waals surface area contributed by atoms with Gasteiger partial charge in [0.1, 0.15) is 0 Å². The number of nitrogens with one attached hydrogen (secondary N) is 2. The Morgan fingerprint density at radius 2 is 1.93 bits per heavy atom. The van der Waals surface area contributed by atoms with Crippen LogP contribution in [0.25, 0.3) is 0 Å². The minimum absolute atomic E-state index is 0.0509. The summed E-state index contributed by atoms with van der Waals surface area (Å²) in [6.45, 7) is 1.71. The fourth-order valence-electron chi connectivity index (χ4n) is 1.63. The number of aromatic amines is 2. The molecule has 1 unspecified atom stereocenters. The number of hydrogen-bond acceptors (Lipinski definition) is 3. The zero-order valence-electron chi connectivity index (χ0n) is 7.91. The Labute approximate surface area is 79.6 Å². The highest BCUT2D eigenvalue weighted by atomic mass is 16.3. The van der Waals surface area contributed by atoms with Gasteiger partial charge >= 0.3 is 11.4 Å². The molecular formula is C8H13N3O3. The third kappa shape index (κ3) is 1.52. The summed E-state index contributed by atoms with van der Waals surface area (Å²) in [4.78, 5) is 22.3. The lowest BCUT2D eigenvalue weighted by molar-refractivity contribution is 0.0177. The van der Waals surface area contributed by atoms with Crippen molar-refractivity contribution in [1.29, 1.82) is 0 Å². The predicted octanol–water partition coefficient (Wildman–Crippen LogP) is -0.974. The van der Waals surface area contributed by atoms with E-state index in [1.54, 1.807) is 6.92 Å². The number of aromatic nitrogens is 3. The summed E-state index contributed by atoms with van der Waals surface area (Å²) in [5.74, 6) is 0.212. The van der Waals surface area contributed by atoms with Gasteiger partial charge in [0, 0.05) is 0 Å². The molecular weight excluding hydrogens is 186 g/mol. The van der Waals surface area contributed by atoms with Gasteiger partial charge in [0.25, 0.3) is 0 Å². The summed E-state index contributed by atoms with van der Waals surface area (Å²) < 4.78 is 0.984. The van der Waals surface area contributed by atoms with E-state index in [9.17, 15) is 14.7 Å². The lowest BCUT2D eigenvalue weighted by Crippen LogP contribution is -2.40. The molecule has 3 N–H and O–H groups in total. The van der Waals surface area contributed by atoms with E-state index in [2.05, 4.69) is 10.2 Å². The number of hydrogen-bond donors (Lipinski definition) is 3. The molecule has 1 aliphatic carbocycles. The van der Waals surface area contributed by atoms with E-state index in [0.29, 0.717) is 0 Å². The van der Waals surface area contributed by atoms with E-state index in [0.717, 1.165) is 17.4 Å². The third-order valence-electron chi connectivity index (χ3n) is 2.70. The zero-order valence-corrected chi connectivity index (χ0v) is 7.91. The first-order valence-corrected chi connectivity index (χ1v) is 4.60. The summed E-state index contributed by atoms with van der Waals surface area (Å²) in [5.41, 5.74) is -1.97. The summed E-state index contributed by atoms with van der Waals surface area (Å²) in [6, 6.07) is 0. The topological polar surface area (TPSA) is 90.9 Å². The molecule has 0 amide bonds. The second kappa shape index (κ2) is 2.84. The Hall–Kier alpha value is -1.30. The van der Waals surface area contributed by atoms with Gasteiger partial charge in [-0.15, -0.1) is 0 Å². The molecule has 2 rings (SSSR count). The molecule has 0 saturated heterocycles. The second-order valence-electron chi connectivity index (χ2n) is 4.08. The highest BCUT2D eigenvalue weighted by molar-refractivity contribution is 4.91. The van der Waals surface area contributed by atoms with E-state index in [1.807, 2.05) is 0 Å². The molecule has 1 aromatic heterocycles. The smallest absolute Gasteiger partial charge is 0.344 e. The van der Waals surface area contributed by atoms with Crippen molar-refractivity contribution in [1.82, 2.24) is 14.8 Å². The van der Waals surface area contributed by atoms with Crippen molar-refractivity contribution in [2.45, 2.75) is 31.9 Å². The van der Waals surface area contributed by atoms with Crippen LogP contribution in [-0.2, 0) is 6.54 Å². The Kier molecular flexibility index (Phi) is 1.88. The van der Waals surface area contributed by atoms with Crippen LogP contribution in [0.3, 0.4) is 0 Å². The van der Waals surface area contributed by atoms with Crippen LogP contribution < -0.4 is 11.4 Å². The van der Waals surface area contributed by atoms with Gasteiger partial charge in [0.2, 0.25) is 0 Å². The molecule has 1 heterocycles. The van der Waals surface area contributed by atoms with Crippen molar-refractivity contribution in [2.24, 2.45) is 5.92 Å². The second-order valence-corrected chi connectivity index (χ2v) is 4.08. The van der Waals surface area contributed by atoms with E-state index < -0.39 is 17.0 Å². The first kappa shape index (κ1) is 9.26. The van der Waals surface area contributed by atoms with Gasteiger partial charge in [-0.25, -0.2) is 24.4 Å². The minimum atomic E-state index is -0.959. The molecule has 6 heteroatoms. The molecule has 1 fully saturated rings. The highest BCUT2D eigenvalue weighted by Crippen LogP contribution is 2.39. The standard InChI is InChI=1S/C8H13N3O3/c1-8(14,5-2-3-5)4-11-6(12)9-10-7(11)13/h5,14H,2-4H2,1H3,(H,9,12)(H,10,13). The van der Waals surface area contributed by atoms with Crippen molar-refractivity contribution in [2.75, 3.05) is 0 Å². The van der Waals surface area contributed by atoms with Crippen LogP contribution in [0.4, 0.5) is 0 Å². The van der Waals surface area contributed by atoms with Gasteiger partial charge in [-0.1, -0.05) is 0 Å². The largest absolute Gasteiger partial charge is 0.388 e. The monoisotopic (exact) mass is 199 g/mol. The van der Waals surface area contributed by atoms with Crippen LogP contribution in [0.15, 0.2) is 9.59 Å². The summed E-state index contributed by atoms with van der Waals surface area (Å²) in [6.07, 6.45) is 1.92. The van der Waals surface area contributed by atoms with Gasteiger partial charge in [-0.2, -0.15) is 0 Å². The first-order chi connectivity index (χ1) is 6.50. The molecule has 6 nitrogen and oxygen atoms in total. The van der Waals surface area contributed by atoms with Crippen molar-refractivity contribution >= 4 is 0 Å². The molecule has 1 saturated carbocycles. The Morgan fingerprint density at radius 1 is 1.43 bits per heavy atom. The molecule has 78 valence electrons. The SMILES string of the molecule is CC(O)(Cn1c(=O)[nH][nH]c1=O)C1CC1. The molecule has 0 radical (unpaired) electrons. The maximum atomic E-state index is 11.1. The van der Waals surface area contributed by atoms with Gasteiger partial charge in [0.05, 0.1) is 12.1 Å². The molecule has 1 aliphatic rings. The maximum Gasteiger partial charge on any atom is 0.344 e. The summed E-state index contributed by atoms with van der Waals surface area (Å²) in [7, 11) is 0. The Bertz CT molecular complexity index is 408. The van der Waals surface area contributed by atoms with E-state index >= 15 is 0 Å². The van der Waals surface area contributed by atoms with Crippen LogP contribution in [-0.4, -0.2) is 25.5 Å². The van der Waals surface area contributed by atoms with E-state index in [-0.39, 0.29) is 12.5 Å². The van der Waals surface area contributed by atoms with E-state index in [1.165, 1.54) is 0 Å². The average Bonchev–Trinajstić information content (AvgIpc) is 2.89. The molecule has 0 aliphatic heterocycles. The zero-order chi connectivity index (χ0) is 10.3. The number of H-pyrrole nitrogens is 2. The fraction of sp³-hybridized carbons (Fsp3) is 0.750. The molecule has 14 heavy (non-hydrogen) atoms. The Balaban J connectivity index is 2.25. The molecule has 0 bridgehead atoms. The van der Waals surface area contributed by atoms with Gasteiger partial charge in [0.15, 0.2) is 0 Å². The number of nitrogens with zero attached hydrogens (tertiary/aromatic N) is 1. The predicted molar refractivity (Wildman–Crippen MR) is 49.0 cm³/mol. The average molecular weight is 199 g/mol. The van der Waals surface area contributed by atoms with Crippen molar-refractivity contribution in [3.63, 3.8) is 0 Å². The van der Waals surface area contributed by atoms with Crippen LogP contribution in [0.5, 0.6) is 0 Å². The van der Waals surface area contributed by atoms with Crippen molar-refractivity contribution in [3.8, 4) is 0 Å². The van der Waals surface area contributed by atoms with Crippen LogP contribution in [0.2, 0.25) is 0 Å². The minimum Gasteiger partial charge on any atom is -0.388 e. The van der Waals surface area contributed by atoms with Crippen LogP contribution >= 0.6 is 0 Å². The third-order valence-corrected chi connectivity index (χ3v) is 2.70. The van der Waals surface area contributed by atoms with Crippen molar-refractivity contribution in [3.05, 3.63) is 21.0 Å². The first-order valence-electron chi connectivity index (χ1n) is 4.60. The van der Waals surface area contributed by atoms with Gasteiger partial charge < -0.3 is 5.11 Å². The van der Waals surface area contributed by atoms with E-state index in [4.69, 9.17) is 0 Å². The van der Waals surface area contributed by atoms with Crippen LogP contribution in [0, 0.1) is 5.92 Å². The molecule has 0 spiro atoms. The normalized spacial score (nSPS) is 20.7. The quantitative estimate of drug-likeness (QED) is 0.584. The summed E-state index contributed by atoms with van der Waals surface area (Å²) in [5, 5.41) is 14.3. The lowest BCUT2D eigenvalue weighted by Gasteiger charge is -2.21. The van der Waals surface area contributed by atoms with Gasteiger partial charge in [-0.05, 0) is 25.7 Å². The number of rotatable bonds is 3. The highest BCUT2D eigenvalue weighted by Gasteiger charge is 2.40. The molecule has 0 aromatic carbocycles. The number of aliphatic hydroxyl groups is 1. The fourth-order valence-corrected chi connectivity index (χ4v) is 1.63. The summed E-state index contributed by atoms with van der Waals surface area (Å²) >= 11 is 0. The lowest BCUT2D eigenvalue weighted by atomic mass is 10.0. The van der Waals surface area contributed by atoms with Crippen LogP contribution in [0.1, 0.15) is 19.8 Å². The van der Waals surface area contributed by atoms with Gasteiger partial charge in [-0.3, -0.25) is 0 Å².